The molecule has 0 bridgehead atoms. The minimum Gasteiger partial charge on any atom is -0.494 e. The minimum atomic E-state index is -0.806. The molecule has 2 rings (SSSR count). The van der Waals surface area contributed by atoms with Gasteiger partial charge in [-0.3, -0.25) is 5.21 Å². The molecule has 0 saturated carbocycles. The molecule has 152 valence electrons. The zero-order valence-corrected chi connectivity index (χ0v) is 16.5. The number of rotatable bonds is 11. The highest BCUT2D eigenvalue weighted by Gasteiger charge is 2.12. The fourth-order valence-corrected chi connectivity index (χ4v) is 3.15. The first kappa shape index (κ1) is 21.5. The van der Waals surface area contributed by atoms with E-state index in [1.165, 1.54) is 38.2 Å². The van der Waals surface area contributed by atoms with Crippen molar-refractivity contribution in [1.29, 1.82) is 0 Å². The summed E-state index contributed by atoms with van der Waals surface area (Å²) in [6.07, 6.45) is 4.75. The number of likely N-dealkylation sites (N-methyl/N-ethyl adjacent to an activating group) is 1. The summed E-state index contributed by atoms with van der Waals surface area (Å²) < 4.78 is 5.83. The molecule has 1 aliphatic heterocycles. The third-order valence-electron chi connectivity index (χ3n) is 5.00. The van der Waals surface area contributed by atoms with Crippen LogP contribution in [0.1, 0.15) is 31.2 Å². The zero-order chi connectivity index (χ0) is 19.5. The van der Waals surface area contributed by atoms with Crippen LogP contribution in [-0.2, 0) is 6.42 Å². The molecule has 1 aromatic rings. The Balaban J connectivity index is 1.53. The van der Waals surface area contributed by atoms with Crippen LogP contribution in [0.15, 0.2) is 24.3 Å². The fraction of sp³-hybridized carbons (Fsp3) is 0.650. The molecule has 0 spiro atoms. The number of hydrogen-bond donors (Lipinski definition) is 2. The minimum absolute atomic E-state index is 0.269. The predicted octanol–water partition coefficient (Wildman–Crippen LogP) is 2.19. The predicted molar refractivity (Wildman–Crippen MR) is 106 cm³/mol. The van der Waals surface area contributed by atoms with Crippen molar-refractivity contribution < 1.29 is 14.7 Å². The topological polar surface area (TPSA) is 82.3 Å². The molecule has 1 aliphatic rings. The van der Waals surface area contributed by atoms with E-state index in [9.17, 15) is 10.0 Å². The third-order valence-corrected chi connectivity index (χ3v) is 5.00. The monoisotopic (exact) mass is 378 g/mol. The lowest BCUT2D eigenvalue weighted by atomic mass is 10.1. The second kappa shape index (κ2) is 11.8. The Morgan fingerprint density at radius 2 is 1.81 bits per heavy atom. The number of hydroxylamine groups is 2. The molecule has 1 saturated heterocycles. The number of hydrogen-bond acceptors (Lipinski definition) is 5. The van der Waals surface area contributed by atoms with Crippen LogP contribution in [0.4, 0.5) is 4.79 Å². The molecule has 0 aliphatic carbocycles. The zero-order valence-electron chi connectivity index (χ0n) is 16.5. The maximum absolute atomic E-state index is 10.7. The fourth-order valence-electron chi connectivity index (χ4n) is 3.15. The maximum Gasteiger partial charge on any atom is 0.338 e. The first-order valence-corrected chi connectivity index (χ1v) is 9.93. The normalized spacial score (nSPS) is 15.6. The van der Waals surface area contributed by atoms with E-state index in [1.807, 2.05) is 12.1 Å². The van der Waals surface area contributed by atoms with Gasteiger partial charge in [-0.05, 0) is 63.4 Å². The lowest BCUT2D eigenvalue weighted by Crippen LogP contribution is -2.44. The van der Waals surface area contributed by atoms with Gasteiger partial charge in [-0.15, -0.1) is 0 Å². The van der Waals surface area contributed by atoms with Crippen molar-refractivity contribution >= 4 is 6.03 Å². The first-order chi connectivity index (χ1) is 13.0. The molecular formula is C20H34N4O3. The van der Waals surface area contributed by atoms with Crippen molar-refractivity contribution in [3.8, 4) is 5.75 Å². The number of unbranched alkanes of at least 4 members (excludes halogenated alkanes) is 2. The Labute approximate surface area is 162 Å². The van der Waals surface area contributed by atoms with Crippen LogP contribution in [-0.4, -0.2) is 79.0 Å². The number of primary amides is 1. The van der Waals surface area contributed by atoms with Gasteiger partial charge in [0.1, 0.15) is 5.75 Å². The van der Waals surface area contributed by atoms with Gasteiger partial charge >= 0.3 is 6.03 Å². The summed E-state index contributed by atoms with van der Waals surface area (Å²) in [6.45, 7) is 6.89. The van der Waals surface area contributed by atoms with E-state index < -0.39 is 6.03 Å². The Morgan fingerprint density at radius 3 is 2.48 bits per heavy atom. The van der Waals surface area contributed by atoms with Gasteiger partial charge in [0.05, 0.1) is 13.2 Å². The molecule has 1 aromatic carbocycles. The molecule has 2 amide bonds. The molecule has 7 heteroatoms. The number of piperazine rings is 1. The SMILES string of the molecule is CN1CCN(CCCCOc2ccc(CCCCN(O)C(N)=O)cc2)CC1. The number of carbonyl (C=O) groups is 1. The number of urea groups is 1. The number of nitrogens with two attached hydrogens (primary N) is 1. The van der Waals surface area contributed by atoms with Crippen molar-refractivity contribution in [1.82, 2.24) is 14.9 Å². The summed E-state index contributed by atoms with van der Waals surface area (Å²) in [6, 6.07) is 7.36. The molecule has 0 radical (unpaired) electrons. The highest BCUT2D eigenvalue weighted by atomic mass is 16.5. The second-order valence-electron chi connectivity index (χ2n) is 7.26. The van der Waals surface area contributed by atoms with Gasteiger partial charge < -0.3 is 20.3 Å². The van der Waals surface area contributed by atoms with Gasteiger partial charge in [0, 0.05) is 26.2 Å². The van der Waals surface area contributed by atoms with Crippen LogP contribution in [0.3, 0.4) is 0 Å². The number of amides is 2. The van der Waals surface area contributed by atoms with E-state index in [0.717, 1.165) is 38.2 Å². The number of nitrogens with zero attached hydrogens (tertiary/aromatic N) is 3. The van der Waals surface area contributed by atoms with Gasteiger partial charge in [0.2, 0.25) is 0 Å². The van der Waals surface area contributed by atoms with E-state index in [1.54, 1.807) is 0 Å². The van der Waals surface area contributed by atoms with Crippen molar-refractivity contribution in [3.05, 3.63) is 29.8 Å². The Bertz CT molecular complexity index is 545. The summed E-state index contributed by atoms with van der Waals surface area (Å²) in [5.41, 5.74) is 6.19. The van der Waals surface area contributed by atoms with Gasteiger partial charge in [0.25, 0.3) is 0 Å². The van der Waals surface area contributed by atoms with Crippen LogP contribution in [0.5, 0.6) is 5.75 Å². The van der Waals surface area contributed by atoms with Crippen LogP contribution >= 0.6 is 0 Å². The average molecular weight is 379 g/mol. The lowest BCUT2D eigenvalue weighted by Gasteiger charge is -2.32. The summed E-state index contributed by atoms with van der Waals surface area (Å²) in [5.74, 6) is 0.911. The molecule has 0 unspecified atom stereocenters. The molecule has 0 aromatic heterocycles. The number of carbonyl (C=O) groups excluding carboxylic acids is 1. The molecule has 0 atom stereocenters. The molecular weight excluding hydrogens is 344 g/mol. The summed E-state index contributed by atoms with van der Waals surface area (Å²) in [4.78, 5) is 15.6. The Morgan fingerprint density at radius 1 is 1.11 bits per heavy atom. The average Bonchev–Trinajstić information content (AvgIpc) is 2.67. The van der Waals surface area contributed by atoms with Gasteiger partial charge in [-0.1, -0.05) is 12.1 Å². The van der Waals surface area contributed by atoms with Gasteiger partial charge in [0.15, 0.2) is 0 Å². The molecule has 7 nitrogen and oxygen atoms in total. The van der Waals surface area contributed by atoms with Crippen LogP contribution in [0, 0.1) is 0 Å². The number of ether oxygens (including phenoxy) is 1. The molecule has 1 fully saturated rings. The van der Waals surface area contributed by atoms with Crippen LogP contribution < -0.4 is 10.5 Å². The highest BCUT2D eigenvalue weighted by Crippen LogP contribution is 2.14. The summed E-state index contributed by atoms with van der Waals surface area (Å²) in [5, 5.41) is 9.76. The van der Waals surface area contributed by atoms with Gasteiger partial charge in [-0.25, -0.2) is 9.86 Å². The quantitative estimate of drug-likeness (QED) is 0.350. The van der Waals surface area contributed by atoms with E-state index in [-0.39, 0.29) is 6.54 Å². The second-order valence-corrected chi connectivity index (χ2v) is 7.26. The largest absolute Gasteiger partial charge is 0.494 e. The number of aryl methyl sites for hydroxylation is 1. The van der Waals surface area contributed by atoms with Crippen molar-refractivity contribution in [2.45, 2.75) is 32.1 Å². The standard InChI is InChI=1S/C20H34N4O3/c1-22-13-15-23(16-14-22)11-4-5-17-27-19-9-7-18(8-10-19)6-2-3-12-24(26)20(21)25/h7-10,26H,2-6,11-17H2,1H3,(H2,21,25). The summed E-state index contributed by atoms with van der Waals surface area (Å²) >= 11 is 0. The van der Waals surface area contributed by atoms with Crippen molar-refractivity contribution in [3.63, 3.8) is 0 Å². The number of benzene rings is 1. The van der Waals surface area contributed by atoms with E-state index in [4.69, 9.17) is 10.5 Å². The van der Waals surface area contributed by atoms with Crippen LogP contribution in [0.2, 0.25) is 0 Å². The molecule has 3 N–H and O–H groups in total. The van der Waals surface area contributed by atoms with Crippen molar-refractivity contribution in [2.75, 3.05) is 52.9 Å². The first-order valence-electron chi connectivity index (χ1n) is 9.93. The van der Waals surface area contributed by atoms with Crippen LogP contribution in [0.25, 0.3) is 0 Å². The highest BCUT2D eigenvalue weighted by molar-refractivity contribution is 5.70. The van der Waals surface area contributed by atoms with Crippen molar-refractivity contribution in [2.24, 2.45) is 5.73 Å². The van der Waals surface area contributed by atoms with E-state index >= 15 is 0 Å². The Hall–Kier alpha value is -1.83. The summed E-state index contributed by atoms with van der Waals surface area (Å²) in [7, 11) is 2.18. The smallest absolute Gasteiger partial charge is 0.338 e. The van der Waals surface area contributed by atoms with E-state index in [0.29, 0.717) is 11.5 Å². The molecule has 27 heavy (non-hydrogen) atoms. The molecule has 1 heterocycles. The lowest BCUT2D eigenvalue weighted by molar-refractivity contribution is -0.0402. The van der Waals surface area contributed by atoms with Gasteiger partial charge in [-0.2, -0.15) is 0 Å². The van der Waals surface area contributed by atoms with E-state index in [2.05, 4.69) is 29.0 Å². The Kier molecular flexibility index (Phi) is 9.38. The maximum atomic E-state index is 10.7. The third kappa shape index (κ3) is 8.60.